The third-order valence-electron chi connectivity index (χ3n) is 2.73. The van der Waals surface area contributed by atoms with Crippen LogP contribution in [0.3, 0.4) is 0 Å². The molecule has 0 aromatic heterocycles. The minimum Gasteiger partial charge on any atom is -0.492 e. The molecule has 0 bridgehead atoms. The Kier molecular flexibility index (Phi) is 5.74. The van der Waals surface area contributed by atoms with E-state index in [0.29, 0.717) is 6.61 Å². The van der Waals surface area contributed by atoms with Gasteiger partial charge in [0.1, 0.15) is 5.75 Å². The van der Waals surface area contributed by atoms with Crippen LogP contribution in [-0.4, -0.2) is 12.6 Å². The van der Waals surface area contributed by atoms with Gasteiger partial charge in [-0.15, -0.1) is 11.8 Å². The Bertz CT molecular complexity index is 429. The summed E-state index contributed by atoms with van der Waals surface area (Å²) < 4.78 is 5.80. The summed E-state index contributed by atoms with van der Waals surface area (Å²) in [6, 6.07) is 4.52. The smallest absolute Gasteiger partial charge is 0.125 e. The number of aryl methyl sites for hydroxylation is 2. The molecule has 1 aromatic rings. The third kappa shape index (κ3) is 4.43. The van der Waals surface area contributed by atoms with Gasteiger partial charge in [-0.25, -0.2) is 0 Å². The summed E-state index contributed by atoms with van der Waals surface area (Å²) in [5.74, 6) is 6.86. The third-order valence-corrected chi connectivity index (χ3v) is 2.73. The molecule has 1 rings (SSSR count). The molecule has 1 atom stereocenters. The zero-order valence-electron chi connectivity index (χ0n) is 11.8. The highest BCUT2D eigenvalue weighted by Crippen LogP contribution is 2.25. The van der Waals surface area contributed by atoms with Gasteiger partial charge in [0.05, 0.1) is 6.61 Å². The number of ether oxygens (including phenoxy) is 1. The first-order valence-corrected chi connectivity index (χ1v) is 6.42. The molecule has 0 spiro atoms. The Balaban J connectivity index is 2.76. The Morgan fingerprint density at radius 1 is 1.28 bits per heavy atom. The zero-order chi connectivity index (χ0) is 13.5. The molecule has 0 saturated carbocycles. The highest BCUT2D eigenvalue weighted by atomic mass is 16.5. The molecule has 0 aliphatic carbocycles. The minimum atomic E-state index is 0.190. The number of nitrogens with two attached hydrogens (primary N) is 1. The van der Waals surface area contributed by atoms with Crippen LogP contribution in [0.1, 0.15) is 37.0 Å². The molecule has 2 heteroatoms. The van der Waals surface area contributed by atoms with Crippen LogP contribution in [-0.2, 0) is 6.42 Å². The Morgan fingerprint density at radius 3 is 2.39 bits per heavy atom. The summed E-state index contributed by atoms with van der Waals surface area (Å²) in [5.41, 5.74) is 9.46. The second-order valence-corrected chi connectivity index (χ2v) is 4.77. The molecule has 1 aromatic carbocycles. The molecule has 1 unspecified atom stereocenters. The van der Waals surface area contributed by atoms with Crippen LogP contribution in [0.2, 0.25) is 0 Å². The van der Waals surface area contributed by atoms with Gasteiger partial charge < -0.3 is 10.5 Å². The van der Waals surface area contributed by atoms with Gasteiger partial charge in [-0.2, -0.15) is 0 Å². The van der Waals surface area contributed by atoms with Gasteiger partial charge in [0.25, 0.3) is 0 Å². The maximum Gasteiger partial charge on any atom is 0.125 e. The van der Waals surface area contributed by atoms with Crippen molar-refractivity contribution >= 4 is 0 Å². The number of hydrogen-bond donors (Lipinski definition) is 1. The van der Waals surface area contributed by atoms with E-state index in [-0.39, 0.29) is 6.04 Å². The summed E-state index contributed by atoms with van der Waals surface area (Å²) in [6.45, 7) is 8.68. The van der Waals surface area contributed by atoms with E-state index in [9.17, 15) is 0 Å². The molecule has 0 aliphatic heterocycles. The summed E-state index contributed by atoms with van der Waals surface area (Å²) in [4.78, 5) is 0. The van der Waals surface area contributed by atoms with Gasteiger partial charge in [-0.3, -0.25) is 0 Å². The van der Waals surface area contributed by atoms with Crippen LogP contribution in [0, 0.1) is 25.7 Å². The van der Waals surface area contributed by atoms with E-state index in [1.807, 2.05) is 13.8 Å². The van der Waals surface area contributed by atoms with Gasteiger partial charge >= 0.3 is 0 Å². The van der Waals surface area contributed by atoms with Crippen molar-refractivity contribution in [3.63, 3.8) is 0 Å². The highest BCUT2D eigenvalue weighted by Gasteiger charge is 2.07. The average Bonchev–Trinajstić information content (AvgIpc) is 2.26. The first kappa shape index (κ1) is 14.6. The van der Waals surface area contributed by atoms with E-state index in [2.05, 4.69) is 37.8 Å². The van der Waals surface area contributed by atoms with Crippen LogP contribution < -0.4 is 10.5 Å². The first-order valence-electron chi connectivity index (χ1n) is 6.42. The van der Waals surface area contributed by atoms with Crippen molar-refractivity contribution in [1.29, 1.82) is 0 Å². The van der Waals surface area contributed by atoms with E-state index < -0.39 is 0 Å². The lowest BCUT2D eigenvalue weighted by atomic mass is 10.0. The predicted molar refractivity (Wildman–Crippen MR) is 76.8 cm³/mol. The van der Waals surface area contributed by atoms with Crippen molar-refractivity contribution in [3.8, 4) is 17.6 Å². The minimum absolute atomic E-state index is 0.190. The largest absolute Gasteiger partial charge is 0.492 e. The maximum absolute atomic E-state index is 5.83. The van der Waals surface area contributed by atoms with Crippen molar-refractivity contribution in [1.82, 2.24) is 0 Å². The Morgan fingerprint density at radius 2 is 1.89 bits per heavy atom. The number of benzene rings is 1. The normalized spacial score (nSPS) is 11.6. The first-order chi connectivity index (χ1) is 8.54. The van der Waals surface area contributed by atoms with Crippen molar-refractivity contribution < 1.29 is 4.74 Å². The van der Waals surface area contributed by atoms with Crippen LogP contribution in [0.25, 0.3) is 0 Å². The van der Waals surface area contributed by atoms with Crippen LogP contribution >= 0.6 is 0 Å². The molecule has 2 N–H and O–H groups in total. The van der Waals surface area contributed by atoms with E-state index >= 15 is 0 Å². The summed E-state index contributed by atoms with van der Waals surface area (Å²) in [5, 5.41) is 0. The summed E-state index contributed by atoms with van der Waals surface area (Å²) in [7, 11) is 0. The molecule has 98 valence electrons. The predicted octanol–water partition coefficient (Wildman–Crippen LogP) is 2.99. The van der Waals surface area contributed by atoms with E-state index in [0.717, 1.165) is 18.6 Å². The standard InChI is InChI=1S/C16H23NO/c1-5-6-7-8-18-16-12(2)9-15(10-13(16)3)11-14(4)17/h9-10,14H,7-8,11,17H2,1-4H3. The monoisotopic (exact) mass is 245 g/mol. The lowest BCUT2D eigenvalue weighted by molar-refractivity contribution is 0.322. The molecule has 0 radical (unpaired) electrons. The molecular formula is C16H23NO. The second-order valence-electron chi connectivity index (χ2n) is 4.77. The van der Waals surface area contributed by atoms with E-state index in [1.165, 1.54) is 16.7 Å². The maximum atomic E-state index is 5.83. The van der Waals surface area contributed by atoms with Crippen molar-refractivity contribution in [3.05, 3.63) is 28.8 Å². The molecular weight excluding hydrogens is 222 g/mol. The summed E-state index contributed by atoms with van der Waals surface area (Å²) >= 11 is 0. The molecule has 0 aliphatic rings. The molecule has 2 nitrogen and oxygen atoms in total. The van der Waals surface area contributed by atoms with Gasteiger partial charge in [0.15, 0.2) is 0 Å². The SMILES string of the molecule is CC#CCCOc1c(C)cc(CC(C)N)cc1C. The van der Waals surface area contributed by atoms with Gasteiger partial charge in [-0.1, -0.05) is 12.1 Å². The number of rotatable bonds is 5. The lowest BCUT2D eigenvalue weighted by Crippen LogP contribution is -2.18. The fourth-order valence-corrected chi connectivity index (χ4v) is 2.09. The average molecular weight is 245 g/mol. The van der Waals surface area contributed by atoms with Gasteiger partial charge in [0.2, 0.25) is 0 Å². The van der Waals surface area contributed by atoms with Crippen LogP contribution in [0.5, 0.6) is 5.75 Å². The lowest BCUT2D eigenvalue weighted by Gasteiger charge is -2.14. The number of hydrogen-bond acceptors (Lipinski definition) is 2. The fraction of sp³-hybridized carbons (Fsp3) is 0.500. The van der Waals surface area contributed by atoms with Crippen molar-refractivity contribution in [2.45, 2.75) is 46.6 Å². The molecule has 18 heavy (non-hydrogen) atoms. The Hall–Kier alpha value is -1.46. The van der Waals surface area contributed by atoms with Crippen molar-refractivity contribution in [2.24, 2.45) is 5.73 Å². The fourth-order valence-electron chi connectivity index (χ4n) is 2.09. The molecule has 0 saturated heterocycles. The molecule has 0 amide bonds. The zero-order valence-corrected chi connectivity index (χ0v) is 11.8. The van der Waals surface area contributed by atoms with Crippen LogP contribution in [0.15, 0.2) is 12.1 Å². The van der Waals surface area contributed by atoms with E-state index in [1.54, 1.807) is 0 Å². The highest BCUT2D eigenvalue weighted by molar-refractivity contribution is 5.43. The summed E-state index contributed by atoms with van der Waals surface area (Å²) in [6.07, 6.45) is 1.68. The van der Waals surface area contributed by atoms with Crippen LogP contribution in [0.4, 0.5) is 0 Å². The van der Waals surface area contributed by atoms with Gasteiger partial charge in [-0.05, 0) is 50.8 Å². The van der Waals surface area contributed by atoms with E-state index in [4.69, 9.17) is 10.5 Å². The topological polar surface area (TPSA) is 35.2 Å². The van der Waals surface area contributed by atoms with Gasteiger partial charge in [0, 0.05) is 12.5 Å². The molecule has 0 heterocycles. The van der Waals surface area contributed by atoms with Crippen molar-refractivity contribution in [2.75, 3.05) is 6.61 Å². The quantitative estimate of drug-likeness (QED) is 0.639. The second kappa shape index (κ2) is 7.08. The molecule has 0 fully saturated rings. The Labute approximate surface area is 111 Å².